The van der Waals surface area contributed by atoms with Crippen LogP contribution < -0.4 is 20.3 Å². The van der Waals surface area contributed by atoms with Crippen molar-refractivity contribution >= 4 is 34.0 Å². The Kier molecular flexibility index (Phi) is 4.88. The fraction of sp³-hybridized carbons (Fsp3) is 0.368. The Morgan fingerprint density at radius 2 is 2.15 bits per heavy atom. The summed E-state index contributed by atoms with van der Waals surface area (Å²) >= 11 is 5.97. The van der Waals surface area contributed by atoms with Crippen molar-refractivity contribution in [2.24, 2.45) is 0 Å². The Morgan fingerprint density at radius 3 is 2.85 bits per heavy atom. The van der Waals surface area contributed by atoms with Gasteiger partial charge in [-0.25, -0.2) is 14.4 Å². The number of fused-ring (bicyclic) bond motifs is 1. The topological polar surface area (TPSA) is 62.3 Å². The van der Waals surface area contributed by atoms with Crippen LogP contribution in [0.3, 0.4) is 0 Å². The third-order valence-corrected chi connectivity index (χ3v) is 5.42. The van der Waals surface area contributed by atoms with E-state index in [1.807, 2.05) is 19.2 Å². The van der Waals surface area contributed by atoms with Gasteiger partial charge in [0.05, 0.1) is 35.1 Å². The minimum atomic E-state index is -0.430. The van der Waals surface area contributed by atoms with E-state index in [1.165, 1.54) is 6.33 Å². The number of allylic oxidation sites excluding steroid dienone is 3. The van der Waals surface area contributed by atoms with E-state index in [0.29, 0.717) is 30.4 Å². The summed E-state index contributed by atoms with van der Waals surface area (Å²) in [6, 6.07) is 4.27. The Bertz CT molecular complexity index is 941. The minimum Gasteiger partial charge on any atom is -0.495 e. The number of ether oxygens (including phenoxy) is 1. The first-order chi connectivity index (χ1) is 13.1. The predicted molar refractivity (Wildman–Crippen MR) is 106 cm³/mol. The molecule has 27 heavy (non-hydrogen) atoms. The molecular formula is C19H21ClFN5O. The number of methoxy groups -OCH3 is 1. The summed E-state index contributed by atoms with van der Waals surface area (Å²) in [5.41, 5.74) is 2.02. The van der Waals surface area contributed by atoms with Crippen LogP contribution in [0, 0.1) is 0 Å². The number of hydrogen-bond acceptors (Lipinski definition) is 6. The third kappa shape index (κ3) is 3.33. The number of anilines is 2. The third-order valence-electron chi connectivity index (χ3n) is 5.06. The molecule has 1 aliphatic carbocycles. The highest BCUT2D eigenvalue weighted by Crippen LogP contribution is 2.37. The van der Waals surface area contributed by atoms with Gasteiger partial charge in [0.1, 0.15) is 17.9 Å². The number of nitrogens with zero attached hydrogens (tertiary/aromatic N) is 3. The molecule has 0 radical (unpaired) electrons. The van der Waals surface area contributed by atoms with E-state index >= 15 is 0 Å². The number of aromatic nitrogens is 2. The van der Waals surface area contributed by atoms with Crippen LogP contribution in [0.1, 0.15) is 12.8 Å². The number of nitrogens with one attached hydrogen (secondary N) is 2. The molecule has 0 atom stereocenters. The molecule has 0 bridgehead atoms. The molecule has 0 saturated carbocycles. The lowest BCUT2D eigenvalue weighted by atomic mass is 10.1. The zero-order valence-corrected chi connectivity index (χ0v) is 16.0. The number of halogens is 2. The van der Waals surface area contributed by atoms with Gasteiger partial charge in [0.2, 0.25) is 0 Å². The summed E-state index contributed by atoms with van der Waals surface area (Å²) in [6.07, 6.45) is 4.46. The Morgan fingerprint density at radius 1 is 1.33 bits per heavy atom. The first-order valence-electron chi connectivity index (χ1n) is 8.86. The molecule has 2 heterocycles. The molecule has 8 heteroatoms. The van der Waals surface area contributed by atoms with Crippen molar-refractivity contribution in [1.82, 2.24) is 15.3 Å². The first-order valence-corrected chi connectivity index (χ1v) is 9.24. The highest BCUT2D eigenvalue weighted by molar-refractivity contribution is 6.30. The van der Waals surface area contributed by atoms with Crippen molar-refractivity contribution in [1.29, 1.82) is 0 Å². The van der Waals surface area contributed by atoms with Crippen molar-refractivity contribution < 1.29 is 9.13 Å². The average Bonchev–Trinajstić information content (AvgIpc) is 2.63. The molecule has 1 fully saturated rings. The van der Waals surface area contributed by atoms with Crippen LogP contribution in [0.15, 0.2) is 41.1 Å². The first kappa shape index (κ1) is 18.0. The zero-order chi connectivity index (χ0) is 19.0. The average molecular weight is 390 g/mol. The minimum absolute atomic E-state index is 0.234. The monoisotopic (exact) mass is 389 g/mol. The van der Waals surface area contributed by atoms with Gasteiger partial charge in [0.25, 0.3) is 0 Å². The number of benzene rings is 1. The van der Waals surface area contributed by atoms with Gasteiger partial charge in [-0.3, -0.25) is 0 Å². The fourth-order valence-electron chi connectivity index (χ4n) is 3.28. The van der Waals surface area contributed by atoms with E-state index in [-0.39, 0.29) is 5.03 Å². The SMILES string of the molecule is COc1cc2ncnc(NC3=CCCC(Cl)=C3F)c2cc1N(C)C1CNC1. The van der Waals surface area contributed by atoms with Gasteiger partial charge in [0, 0.05) is 31.6 Å². The molecule has 2 aromatic rings. The van der Waals surface area contributed by atoms with Crippen LogP contribution in [-0.4, -0.2) is 43.3 Å². The molecule has 142 valence electrons. The van der Waals surface area contributed by atoms with Crippen LogP contribution in [0.2, 0.25) is 0 Å². The molecule has 1 aromatic heterocycles. The van der Waals surface area contributed by atoms with Gasteiger partial charge in [-0.1, -0.05) is 17.7 Å². The molecule has 4 rings (SSSR count). The number of hydrogen-bond donors (Lipinski definition) is 2. The highest BCUT2D eigenvalue weighted by atomic mass is 35.5. The summed E-state index contributed by atoms with van der Waals surface area (Å²) in [5.74, 6) is 0.852. The van der Waals surface area contributed by atoms with Gasteiger partial charge >= 0.3 is 0 Å². The van der Waals surface area contributed by atoms with Crippen LogP contribution >= 0.6 is 11.6 Å². The lowest BCUT2D eigenvalue weighted by Gasteiger charge is -2.37. The van der Waals surface area contributed by atoms with Gasteiger partial charge in [-0.05, 0) is 18.9 Å². The largest absolute Gasteiger partial charge is 0.495 e. The van der Waals surface area contributed by atoms with E-state index in [4.69, 9.17) is 16.3 Å². The summed E-state index contributed by atoms with van der Waals surface area (Å²) < 4.78 is 19.9. The summed E-state index contributed by atoms with van der Waals surface area (Å²) in [7, 11) is 3.69. The van der Waals surface area contributed by atoms with Crippen molar-refractivity contribution in [3.8, 4) is 5.75 Å². The van der Waals surface area contributed by atoms with Crippen molar-refractivity contribution in [2.75, 3.05) is 37.5 Å². The quantitative estimate of drug-likeness (QED) is 0.815. The molecular weight excluding hydrogens is 369 g/mol. The lowest BCUT2D eigenvalue weighted by molar-refractivity contribution is 0.401. The van der Waals surface area contributed by atoms with Crippen LogP contribution in [0.4, 0.5) is 15.9 Å². The number of rotatable bonds is 5. The highest BCUT2D eigenvalue weighted by Gasteiger charge is 2.25. The molecule has 0 amide bonds. The fourth-order valence-corrected chi connectivity index (χ4v) is 3.49. The Hall–Kier alpha value is -2.38. The summed E-state index contributed by atoms with van der Waals surface area (Å²) in [5, 5.41) is 7.39. The van der Waals surface area contributed by atoms with Crippen molar-refractivity contribution in [3.63, 3.8) is 0 Å². The maximum atomic E-state index is 14.4. The van der Waals surface area contributed by atoms with Gasteiger partial charge in [-0.15, -0.1) is 0 Å². The van der Waals surface area contributed by atoms with Gasteiger partial charge < -0.3 is 20.3 Å². The molecule has 1 saturated heterocycles. The molecule has 2 aliphatic rings. The molecule has 0 spiro atoms. The van der Waals surface area contributed by atoms with Crippen LogP contribution in [0.25, 0.3) is 10.9 Å². The normalized spacial score (nSPS) is 17.6. The summed E-state index contributed by atoms with van der Waals surface area (Å²) in [6.45, 7) is 1.85. The van der Waals surface area contributed by atoms with Crippen molar-refractivity contribution in [3.05, 3.63) is 41.1 Å². The maximum Gasteiger partial charge on any atom is 0.160 e. The van der Waals surface area contributed by atoms with E-state index in [0.717, 1.165) is 35.4 Å². The lowest BCUT2D eigenvalue weighted by Crippen LogP contribution is -2.56. The van der Waals surface area contributed by atoms with E-state index in [2.05, 4.69) is 25.5 Å². The molecule has 6 nitrogen and oxygen atoms in total. The Labute approximate surface area is 162 Å². The molecule has 1 aromatic carbocycles. The van der Waals surface area contributed by atoms with Gasteiger partial charge in [-0.2, -0.15) is 0 Å². The van der Waals surface area contributed by atoms with Crippen molar-refractivity contribution in [2.45, 2.75) is 18.9 Å². The molecule has 1 aliphatic heterocycles. The van der Waals surface area contributed by atoms with E-state index < -0.39 is 5.83 Å². The second-order valence-corrected chi connectivity index (χ2v) is 7.14. The second-order valence-electron chi connectivity index (χ2n) is 6.69. The van der Waals surface area contributed by atoms with Crippen LogP contribution in [-0.2, 0) is 0 Å². The van der Waals surface area contributed by atoms with E-state index in [1.54, 1.807) is 13.2 Å². The summed E-state index contributed by atoms with van der Waals surface area (Å²) in [4.78, 5) is 10.9. The second kappa shape index (κ2) is 7.32. The van der Waals surface area contributed by atoms with E-state index in [9.17, 15) is 4.39 Å². The zero-order valence-electron chi connectivity index (χ0n) is 15.2. The Balaban J connectivity index is 1.76. The standard InChI is InChI=1S/C19H21ClFN5O/c1-26(11-8-22-9-11)16-6-12-15(7-17(16)27-2)23-10-24-19(12)25-14-5-3-4-13(20)18(14)21/h5-7,10-11,22H,3-4,8-9H2,1-2H3,(H,23,24,25). The van der Waals surface area contributed by atoms with Crippen LogP contribution in [0.5, 0.6) is 5.75 Å². The maximum absolute atomic E-state index is 14.4. The van der Waals surface area contributed by atoms with Gasteiger partial charge in [0.15, 0.2) is 5.83 Å². The molecule has 2 N–H and O–H groups in total. The predicted octanol–water partition coefficient (Wildman–Crippen LogP) is 3.56. The smallest absolute Gasteiger partial charge is 0.160 e. The molecule has 0 unspecified atom stereocenters. The number of likely N-dealkylation sites (N-methyl/N-ethyl adjacent to an activating group) is 1.